The number of fused-ring (bicyclic) bond motifs is 1. The molecule has 0 aliphatic heterocycles. The summed E-state index contributed by atoms with van der Waals surface area (Å²) in [5.41, 5.74) is 3.34. The van der Waals surface area contributed by atoms with E-state index in [4.69, 9.17) is 14.6 Å². The molecule has 0 bridgehead atoms. The van der Waals surface area contributed by atoms with Gasteiger partial charge in [-0.1, -0.05) is 12.8 Å². The van der Waals surface area contributed by atoms with Crippen molar-refractivity contribution in [3.8, 4) is 28.5 Å². The predicted molar refractivity (Wildman–Crippen MR) is 153 cm³/mol. The van der Waals surface area contributed by atoms with Gasteiger partial charge in [0.2, 0.25) is 0 Å². The number of benzene rings is 2. The van der Waals surface area contributed by atoms with Crippen LogP contribution in [0.15, 0.2) is 61.2 Å². The molecule has 0 spiro atoms. The van der Waals surface area contributed by atoms with Gasteiger partial charge in [-0.2, -0.15) is 5.10 Å². The molecule has 1 aliphatic carbocycles. The third-order valence-electron chi connectivity index (χ3n) is 6.70. The SMILES string of the molecule is Cc1ncc(COc2cc(F)cc(Oc3ccc(-c4nn(C5CCCC5)c5ncnc(NI)c45)cc3)c2)cn1. The van der Waals surface area contributed by atoms with Gasteiger partial charge in [-0.05, 0) is 44.0 Å². The lowest BCUT2D eigenvalue weighted by Gasteiger charge is -2.11. The summed E-state index contributed by atoms with van der Waals surface area (Å²) in [5, 5.41) is 5.88. The third kappa shape index (κ3) is 5.49. The molecule has 0 radical (unpaired) electrons. The summed E-state index contributed by atoms with van der Waals surface area (Å²) in [4.78, 5) is 17.3. The number of nitrogens with one attached hydrogen (secondary N) is 1. The minimum atomic E-state index is -0.456. The van der Waals surface area contributed by atoms with Gasteiger partial charge in [0.05, 0.1) is 34.3 Å². The van der Waals surface area contributed by atoms with Crippen LogP contribution in [0.5, 0.6) is 17.2 Å². The van der Waals surface area contributed by atoms with Crippen LogP contribution in [-0.4, -0.2) is 29.7 Å². The second kappa shape index (κ2) is 11.1. The van der Waals surface area contributed by atoms with Gasteiger partial charge < -0.3 is 13.0 Å². The quantitative estimate of drug-likeness (QED) is 0.144. The van der Waals surface area contributed by atoms with E-state index in [1.165, 1.54) is 25.0 Å². The monoisotopic (exact) mass is 637 g/mol. The van der Waals surface area contributed by atoms with Crippen molar-refractivity contribution < 1.29 is 13.9 Å². The Kier molecular flexibility index (Phi) is 7.22. The Bertz CT molecular complexity index is 1600. The summed E-state index contributed by atoms with van der Waals surface area (Å²) in [5.74, 6) is 2.19. The molecule has 1 aliphatic rings. The average molecular weight is 637 g/mol. The molecule has 1 N–H and O–H groups in total. The first-order valence-electron chi connectivity index (χ1n) is 12.7. The molecule has 1 fully saturated rings. The van der Waals surface area contributed by atoms with E-state index in [0.717, 1.165) is 46.5 Å². The van der Waals surface area contributed by atoms with Crippen molar-refractivity contribution >= 4 is 39.7 Å². The van der Waals surface area contributed by atoms with Gasteiger partial charge in [0.15, 0.2) is 5.65 Å². The molecule has 0 atom stereocenters. The Labute approximate surface area is 238 Å². The van der Waals surface area contributed by atoms with Crippen LogP contribution in [0.1, 0.15) is 43.1 Å². The first kappa shape index (κ1) is 25.4. The first-order chi connectivity index (χ1) is 19.1. The van der Waals surface area contributed by atoms with Crippen molar-refractivity contribution in [2.24, 2.45) is 0 Å². The predicted octanol–water partition coefficient (Wildman–Crippen LogP) is 6.98. The molecular formula is C28H25FIN7O2. The fourth-order valence-corrected chi connectivity index (χ4v) is 5.22. The minimum absolute atomic E-state index is 0.219. The molecule has 9 nitrogen and oxygen atoms in total. The van der Waals surface area contributed by atoms with Gasteiger partial charge >= 0.3 is 0 Å². The van der Waals surface area contributed by atoms with E-state index < -0.39 is 5.82 Å². The van der Waals surface area contributed by atoms with Crippen molar-refractivity contribution in [2.45, 2.75) is 45.3 Å². The van der Waals surface area contributed by atoms with Crippen molar-refractivity contribution in [1.82, 2.24) is 29.7 Å². The molecule has 3 heterocycles. The molecule has 0 saturated heterocycles. The molecule has 6 rings (SSSR count). The second-order valence-electron chi connectivity index (χ2n) is 9.42. The van der Waals surface area contributed by atoms with E-state index >= 15 is 0 Å². The van der Waals surface area contributed by atoms with E-state index in [9.17, 15) is 4.39 Å². The number of nitrogens with zero attached hydrogens (tertiary/aromatic N) is 6. The van der Waals surface area contributed by atoms with E-state index in [2.05, 4.69) is 51.0 Å². The molecule has 39 heavy (non-hydrogen) atoms. The molecular weight excluding hydrogens is 612 g/mol. The Morgan fingerprint density at radius 1 is 0.974 bits per heavy atom. The fourth-order valence-electron chi connectivity index (χ4n) is 4.81. The van der Waals surface area contributed by atoms with Crippen LogP contribution < -0.4 is 13.0 Å². The highest BCUT2D eigenvalue weighted by Gasteiger charge is 2.25. The molecule has 0 amide bonds. The van der Waals surface area contributed by atoms with Gasteiger partial charge in [0, 0.05) is 41.7 Å². The standard InChI is InChI=1S/C28H25FIN7O2/c1-17-31-13-18(14-32-17)15-38-23-10-20(29)11-24(12-23)39-22-8-6-19(7-9-22)26-25-27(35-30)33-16-34-28(25)37(36-26)21-4-2-3-5-21/h6-14,16,21H,2-5,15H2,1H3,(H,33,34,35). The van der Waals surface area contributed by atoms with Crippen LogP contribution in [0, 0.1) is 12.7 Å². The average Bonchev–Trinajstić information content (AvgIpc) is 3.61. The van der Waals surface area contributed by atoms with E-state index in [-0.39, 0.29) is 6.61 Å². The summed E-state index contributed by atoms with van der Waals surface area (Å²) in [6.07, 6.45) is 9.53. The number of halogens is 2. The normalized spacial score (nSPS) is 13.6. The Hall–Kier alpha value is -3.87. The number of rotatable bonds is 8. The van der Waals surface area contributed by atoms with Gasteiger partial charge in [-0.15, -0.1) is 0 Å². The van der Waals surface area contributed by atoms with Crippen molar-refractivity contribution in [1.29, 1.82) is 0 Å². The van der Waals surface area contributed by atoms with Crippen LogP contribution in [-0.2, 0) is 6.61 Å². The van der Waals surface area contributed by atoms with Crippen molar-refractivity contribution in [2.75, 3.05) is 3.53 Å². The molecule has 3 aromatic heterocycles. The summed E-state index contributed by atoms with van der Waals surface area (Å²) in [7, 11) is 0. The number of aryl methyl sites for hydroxylation is 1. The number of ether oxygens (including phenoxy) is 2. The van der Waals surface area contributed by atoms with Gasteiger partial charge in [0.25, 0.3) is 0 Å². The Morgan fingerprint density at radius 2 is 1.72 bits per heavy atom. The lowest BCUT2D eigenvalue weighted by Crippen LogP contribution is -2.07. The number of aromatic nitrogens is 6. The highest BCUT2D eigenvalue weighted by molar-refractivity contribution is 14.1. The Morgan fingerprint density at radius 3 is 2.46 bits per heavy atom. The second-order valence-corrected chi connectivity index (χ2v) is 9.96. The lowest BCUT2D eigenvalue weighted by atomic mass is 10.1. The first-order valence-corrected chi connectivity index (χ1v) is 13.7. The highest BCUT2D eigenvalue weighted by atomic mass is 127. The summed E-state index contributed by atoms with van der Waals surface area (Å²) in [6.45, 7) is 2.03. The molecule has 11 heteroatoms. The molecule has 1 saturated carbocycles. The zero-order valence-electron chi connectivity index (χ0n) is 21.1. The van der Waals surface area contributed by atoms with Gasteiger partial charge in [-0.3, -0.25) is 0 Å². The number of hydrogen-bond acceptors (Lipinski definition) is 8. The van der Waals surface area contributed by atoms with Crippen LogP contribution in [0.25, 0.3) is 22.3 Å². The fraction of sp³-hybridized carbons (Fsp3) is 0.250. The molecule has 198 valence electrons. The minimum Gasteiger partial charge on any atom is -0.489 e. The molecule has 5 aromatic rings. The maximum atomic E-state index is 14.3. The van der Waals surface area contributed by atoms with Crippen LogP contribution >= 0.6 is 22.9 Å². The zero-order valence-corrected chi connectivity index (χ0v) is 23.3. The maximum absolute atomic E-state index is 14.3. The van der Waals surface area contributed by atoms with E-state index in [0.29, 0.717) is 29.1 Å². The largest absolute Gasteiger partial charge is 0.489 e. The van der Waals surface area contributed by atoms with Gasteiger partial charge in [-0.25, -0.2) is 29.0 Å². The van der Waals surface area contributed by atoms with E-state index in [1.807, 2.05) is 31.2 Å². The van der Waals surface area contributed by atoms with Crippen LogP contribution in [0.2, 0.25) is 0 Å². The number of anilines is 1. The summed E-state index contributed by atoms with van der Waals surface area (Å²) < 4.78 is 31.2. The van der Waals surface area contributed by atoms with Crippen LogP contribution in [0.4, 0.5) is 10.2 Å². The van der Waals surface area contributed by atoms with E-state index in [1.54, 1.807) is 24.8 Å². The molecule has 2 aromatic carbocycles. The lowest BCUT2D eigenvalue weighted by molar-refractivity contribution is 0.301. The smallest absolute Gasteiger partial charge is 0.164 e. The topological polar surface area (TPSA) is 99.9 Å². The molecule has 0 unspecified atom stereocenters. The van der Waals surface area contributed by atoms with Gasteiger partial charge in [0.1, 0.15) is 53.3 Å². The summed E-state index contributed by atoms with van der Waals surface area (Å²) >= 11 is 2.08. The summed E-state index contributed by atoms with van der Waals surface area (Å²) in [6, 6.07) is 12.2. The highest BCUT2D eigenvalue weighted by Crippen LogP contribution is 2.38. The third-order valence-corrected chi connectivity index (χ3v) is 7.21. The van der Waals surface area contributed by atoms with Crippen LogP contribution in [0.3, 0.4) is 0 Å². The number of hydrogen-bond donors (Lipinski definition) is 1. The van der Waals surface area contributed by atoms with Crippen molar-refractivity contribution in [3.63, 3.8) is 0 Å². The maximum Gasteiger partial charge on any atom is 0.164 e. The zero-order chi connectivity index (χ0) is 26.8. The Balaban J connectivity index is 1.24. The van der Waals surface area contributed by atoms with Crippen molar-refractivity contribution in [3.05, 3.63) is 78.4 Å².